The lowest BCUT2D eigenvalue weighted by atomic mass is 9.57. The van der Waals surface area contributed by atoms with Gasteiger partial charge >= 0.3 is 0 Å². The number of hydrogen-bond acceptors (Lipinski definition) is 8. The largest absolute Gasteiger partial charge is 0.510 e. The molecule has 1 saturated carbocycles. The molecule has 0 aliphatic heterocycles. The third-order valence-corrected chi connectivity index (χ3v) is 8.39. The van der Waals surface area contributed by atoms with E-state index in [9.17, 15) is 34.8 Å². The third kappa shape index (κ3) is 4.13. The minimum Gasteiger partial charge on any atom is -0.510 e. The number of Topliss-reactive ketones (excluding diaryl/α,β-unsaturated/α-hetero) is 2. The van der Waals surface area contributed by atoms with Crippen LogP contribution in [-0.4, -0.2) is 68.5 Å². The van der Waals surface area contributed by atoms with Crippen molar-refractivity contribution in [3.05, 3.63) is 70.0 Å². The molecule has 3 aliphatic carbocycles. The molecule has 6 N–H and O–H groups in total. The van der Waals surface area contributed by atoms with Crippen molar-refractivity contribution in [3.63, 3.8) is 0 Å². The van der Waals surface area contributed by atoms with Crippen molar-refractivity contribution in [3.8, 4) is 16.9 Å². The first kappa shape index (κ1) is 26.6. The minimum absolute atomic E-state index is 0.00162. The van der Waals surface area contributed by atoms with Gasteiger partial charge in [0.25, 0.3) is 0 Å². The van der Waals surface area contributed by atoms with Gasteiger partial charge in [0.05, 0.1) is 17.2 Å². The summed E-state index contributed by atoms with van der Waals surface area (Å²) in [5, 5.41) is 44.9. The normalized spacial score (nSPS) is 26.3. The average Bonchev–Trinajstić information content (AvgIpc) is 2.84. The lowest BCUT2D eigenvalue weighted by Gasteiger charge is -2.51. The maximum Gasteiger partial charge on any atom is 0.248 e. The van der Waals surface area contributed by atoms with Gasteiger partial charge in [0.1, 0.15) is 28.7 Å². The number of rotatable bonds is 5. The number of nitrogens with two attached hydrogens (primary N) is 1. The number of carbonyl (C=O) groups is 3. The number of hydrogen-bond donors (Lipinski definition) is 5. The van der Waals surface area contributed by atoms with E-state index in [4.69, 9.17) is 5.73 Å². The number of carbonyl (C=O) groups excluding carboxylic acids is 3. The van der Waals surface area contributed by atoms with Gasteiger partial charge in [0, 0.05) is 24.3 Å². The maximum absolute atomic E-state index is 13.9. The molecule has 0 aromatic heterocycles. The van der Waals surface area contributed by atoms with Crippen LogP contribution >= 0.6 is 0 Å². The number of aromatic hydroxyl groups is 1. The smallest absolute Gasteiger partial charge is 0.248 e. The van der Waals surface area contributed by atoms with E-state index >= 15 is 0 Å². The maximum atomic E-state index is 13.9. The van der Waals surface area contributed by atoms with E-state index in [1.165, 1.54) is 13.0 Å². The Kier molecular flexibility index (Phi) is 6.39. The van der Waals surface area contributed by atoms with Crippen molar-refractivity contribution in [1.29, 1.82) is 0 Å². The second kappa shape index (κ2) is 9.36. The number of fused-ring (bicyclic) bond motifs is 3. The lowest BCUT2D eigenvalue weighted by molar-refractivity contribution is -0.151. The summed E-state index contributed by atoms with van der Waals surface area (Å²) in [6.07, 6.45) is 0.338. The minimum atomic E-state index is -2.07. The van der Waals surface area contributed by atoms with E-state index < -0.39 is 47.3 Å². The number of likely N-dealkylation sites (N-methyl/N-ethyl adjacent to an activating group) is 1. The van der Waals surface area contributed by atoms with Crippen molar-refractivity contribution >= 4 is 23.2 Å². The van der Waals surface area contributed by atoms with Crippen molar-refractivity contribution in [2.24, 2.45) is 17.6 Å². The van der Waals surface area contributed by atoms with E-state index in [2.05, 4.69) is 0 Å². The summed E-state index contributed by atoms with van der Waals surface area (Å²) >= 11 is 0. The lowest BCUT2D eigenvalue weighted by Crippen LogP contribution is -2.62. The number of aliphatic hydroxyl groups is 3. The van der Waals surface area contributed by atoms with Crippen LogP contribution < -0.4 is 5.73 Å². The van der Waals surface area contributed by atoms with Crippen LogP contribution in [0, 0.1) is 11.8 Å². The van der Waals surface area contributed by atoms with Crippen molar-refractivity contribution < 1.29 is 34.8 Å². The van der Waals surface area contributed by atoms with Crippen molar-refractivity contribution in [2.45, 2.75) is 44.2 Å². The quantitative estimate of drug-likeness (QED) is 0.393. The fourth-order valence-corrected chi connectivity index (χ4v) is 6.74. The summed E-state index contributed by atoms with van der Waals surface area (Å²) < 4.78 is 0. The van der Waals surface area contributed by atoms with E-state index in [0.717, 1.165) is 16.7 Å². The van der Waals surface area contributed by atoms with Gasteiger partial charge in [-0.15, -0.1) is 0 Å². The molecule has 5 rings (SSSR count). The summed E-state index contributed by atoms with van der Waals surface area (Å²) in [6.45, 7) is 1.52. The molecule has 0 saturated heterocycles. The van der Waals surface area contributed by atoms with E-state index in [-0.39, 0.29) is 46.8 Å². The van der Waals surface area contributed by atoms with E-state index in [1.54, 1.807) is 25.1 Å². The molecule has 9 heteroatoms. The van der Waals surface area contributed by atoms with Crippen LogP contribution in [0.25, 0.3) is 16.9 Å². The van der Waals surface area contributed by atoms with Crippen LogP contribution in [0.5, 0.6) is 5.75 Å². The van der Waals surface area contributed by atoms with E-state index in [1.807, 2.05) is 24.3 Å². The van der Waals surface area contributed by atoms with Crippen LogP contribution in [0.3, 0.4) is 0 Å². The number of benzene rings is 2. The van der Waals surface area contributed by atoms with Gasteiger partial charge in [-0.25, -0.2) is 0 Å². The first-order valence-electron chi connectivity index (χ1n) is 12.9. The van der Waals surface area contributed by atoms with Crippen LogP contribution in [0.1, 0.15) is 36.5 Å². The highest BCUT2D eigenvalue weighted by atomic mass is 16.3. The summed E-state index contributed by atoms with van der Waals surface area (Å²) in [6, 6.07) is 9.84. The molecule has 2 aromatic rings. The van der Waals surface area contributed by atoms with Crippen molar-refractivity contribution in [1.82, 2.24) is 4.90 Å². The molecular formula is C30H32N2O7. The second-order valence-electron chi connectivity index (χ2n) is 11.1. The fraction of sp³-hybridized carbons (Fsp3) is 0.367. The molecule has 0 spiro atoms. The SMILES string of the molecule is CC(=O)Cc1cccc(-c2ccc(O)c3c2CC2CC4C(N(C)C)C(O)=C(C(N)=O)CC4(O)C(=O)C2=C3O)c1. The Morgan fingerprint density at radius 3 is 2.49 bits per heavy atom. The topological polar surface area (TPSA) is 161 Å². The zero-order chi connectivity index (χ0) is 28.4. The van der Waals surface area contributed by atoms with Crippen LogP contribution in [0.2, 0.25) is 0 Å². The first-order chi connectivity index (χ1) is 18.3. The number of phenols is 1. The molecule has 9 nitrogen and oxygen atoms in total. The Bertz CT molecular complexity index is 1490. The molecule has 0 bridgehead atoms. The third-order valence-electron chi connectivity index (χ3n) is 8.39. The molecule has 3 aliphatic rings. The van der Waals surface area contributed by atoms with Crippen LogP contribution in [0.4, 0.5) is 0 Å². The Labute approximate surface area is 225 Å². The highest BCUT2D eigenvalue weighted by molar-refractivity contribution is 6.10. The molecular weight excluding hydrogens is 500 g/mol. The highest BCUT2D eigenvalue weighted by Gasteiger charge is 2.60. The molecule has 4 atom stereocenters. The van der Waals surface area contributed by atoms with Gasteiger partial charge in [0.15, 0.2) is 5.78 Å². The Hall–Kier alpha value is -3.95. The standard InChI is InChI=1S/C30H32N2O7/c1-14(33)9-15-5-4-6-16(10-15)18-7-8-22(34)24-19(18)11-17-12-21-25(32(2)3)26(35)20(29(31)38)13-30(21,39)28(37)23(17)27(24)36/h4-8,10,17,21,25,34-36,39H,9,11-13H2,1-3H3,(H2,31,38). The Morgan fingerprint density at radius 2 is 1.85 bits per heavy atom. The zero-order valence-electron chi connectivity index (χ0n) is 22.1. The van der Waals surface area contributed by atoms with Crippen LogP contribution in [-0.2, 0) is 27.2 Å². The average molecular weight is 533 g/mol. The van der Waals surface area contributed by atoms with Crippen LogP contribution in [0.15, 0.2) is 53.3 Å². The zero-order valence-corrected chi connectivity index (χ0v) is 22.1. The molecule has 4 unspecified atom stereocenters. The fourth-order valence-electron chi connectivity index (χ4n) is 6.74. The van der Waals surface area contributed by atoms with Gasteiger partial charge in [-0.2, -0.15) is 0 Å². The highest BCUT2D eigenvalue weighted by Crippen LogP contribution is 2.53. The van der Waals surface area contributed by atoms with Gasteiger partial charge < -0.3 is 26.2 Å². The Morgan fingerprint density at radius 1 is 1.13 bits per heavy atom. The second-order valence-corrected chi connectivity index (χ2v) is 11.1. The molecule has 1 amide bonds. The van der Waals surface area contributed by atoms with Gasteiger partial charge in [0.2, 0.25) is 5.91 Å². The molecule has 2 aromatic carbocycles. The number of primary amides is 1. The number of phenolic OH excluding ortho intramolecular Hbond substituents is 1. The predicted octanol–water partition coefficient (Wildman–Crippen LogP) is 2.58. The summed E-state index contributed by atoms with van der Waals surface area (Å²) in [4.78, 5) is 39.4. The van der Waals surface area contributed by atoms with Crippen molar-refractivity contribution in [2.75, 3.05) is 14.1 Å². The summed E-state index contributed by atoms with van der Waals surface area (Å²) in [5.41, 5.74) is 6.35. The summed E-state index contributed by atoms with van der Waals surface area (Å²) in [7, 11) is 3.36. The monoisotopic (exact) mass is 532 g/mol. The van der Waals surface area contributed by atoms with E-state index in [0.29, 0.717) is 12.0 Å². The molecule has 1 fully saturated rings. The van der Waals surface area contributed by atoms with Gasteiger partial charge in [-0.05, 0) is 68.1 Å². The Balaban J connectivity index is 1.66. The van der Waals surface area contributed by atoms with Gasteiger partial charge in [-0.3, -0.25) is 19.3 Å². The molecule has 39 heavy (non-hydrogen) atoms. The number of amides is 1. The van der Waals surface area contributed by atoms with Gasteiger partial charge in [-0.1, -0.05) is 30.3 Å². The summed E-state index contributed by atoms with van der Waals surface area (Å²) in [5.74, 6) is -3.79. The number of nitrogens with zero attached hydrogens (tertiary/aromatic N) is 1. The number of aliphatic hydroxyl groups excluding tert-OH is 2. The molecule has 0 radical (unpaired) electrons. The predicted molar refractivity (Wildman–Crippen MR) is 144 cm³/mol. The number of ketones is 2. The molecule has 204 valence electrons. The molecule has 0 heterocycles. The first-order valence-corrected chi connectivity index (χ1v) is 12.9.